The zero-order valence-corrected chi connectivity index (χ0v) is 12.6. The number of carbonyl (C=O) groups excluding carboxylic acids is 1. The van der Waals surface area contributed by atoms with Crippen LogP contribution in [0.15, 0.2) is 12.2 Å². The third kappa shape index (κ3) is 6.08. The molecule has 0 radical (unpaired) electrons. The van der Waals surface area contributed by atoms with Gasteiger partial charge in [-0.25, -0.2) is 9.59 Å². The molecule has 1 atom stereocenters. The average molecular weight is 283 g/mol. The molecular formula is C15H25NO4. The van der Waals surface area contributed by atoms with Gasteiger partial charge in [0.2, 0.25) is 0 Å². The smallest absolute Gasteiger partial charge is 0.408 e. The Morgan fingerprint density at radius 3 is 2.40 bits per heavy atom. The zero-order chi connectivity index (χ0) is 15.3. The molecule has 0 aromatic heterocycles. The summed E-state index contributed by atoms with van der Waals surface area (Å²) in [5, 5.41) is 11.7. The number of rotatable bonds is 4. The van der Waals surface area contributed by atoms with Gasteiger partial charge in [0.15, 0.2) is 0 Å². The fraction of sp³-hybridized carbons (Fsp3) is 0.733. The van der Waals surface area contributed by atoms with Crippen molar-refractivity contribution in [2.45, 2.75) is 64.5 Å². The SMILES string of the molecule is C=C1CCC(CC(NC(=O)OC(C)(C)C)C(=O)O)CC1. The molecule has 5 nitrogen and oxygen atoms in total. The summed E-state index contributed by atoms with van der Waals surface area (Å²) >= 11 is 0. The van der Waals surface area contributed by atoms with Crippen molar-refractivity contribution in [2.75, 3.05) is 0 Å². The highest BCUT2D eigenvalue weighted by Crippen LogP contribution is 2.30. The molecule has 0 saturated heterocycles. The maximum atomic E-state index is 11.7. The monoisotopic (exact) mass is 283 g/mol. The first-order chi connectivity index (χ1) is 9.17. The number of hydrogen-bond donors (Lipinski definition) is 2. The van der Waals surface area contributed by atoms with Gasteiger partial charge < -0.3 is 15.2 Å². The van der Waals surface area contributed by atoms with Crippen LogP contribution in [0.5, 0.6) is 0 Å². The third-order valence-electron chi connectivity index (χ3n) is 3.37. The van der Waals surface area contributed by atoms with Crippen molar-refractivity contribution < 1.29 is 19.4 Å². The first-order valence-electron chi connectivity index (χ1n) is 7.06. The lowest BCUT2D eigenvalue weighted by molar-refractivity contribution is -0.140. The standard InChI is InChI=1S/C15H25NO4/c1-10-5-7-11(8-6-10)9-12(13(17)18)16-14(19)20-15(2,3)4/h11-12H,1,5-9H2,2-4H3,(H,16,19)(H,17,18). The largest absolute Gasteiger partial charge is 0.480 e. The molecule has 1 aliphatic carbocycles. The summed E-state index contributed by atoms with van der Waals surface area (Å²) in [6, 6.07) is -0.888. The van der Waals surface area contributed by atoms with Crippen LogP contribution < -0.4 is 5.32 Å². The van der Waals surface area contributed by atoms with E-state index >= 15 is 0 Å². The Labute approximate surface area is 120 Å². The minimum Gasteiger partial charge on any atom is -0.480 e. The van der Waals surface area contributed by atoms with E-state index in [1.807, 2.05) is 0 Å². The van der Waals surface area contributed by atoms with Gasteiger partial charge in [-0.1, -0.05) is 12.2 Å². The summed E-state index contributed by atoms with van der Waals surface area (Å²) in [5.74, 6) is -0.697. The van der Waals surface area contributed by atoms with Crippen molar-refractivity contribution in [1.29, 1.82) is 0 Å². The summed E-state index contributed by atoms with van der Waals surface area (Å²) < 4.78 is 5.10. The Balaban J connectivity index is 2.50. The lowest BCUT2D eigenvalue weighted by Gasteiger charge is -2.27. The van der Waals surface area contributed by atoms with Gasteiger partial charge in [-0.15, -0.1) is 0 Å². The number of ether oxygens (including phenoxy) is 1. The van der Waals surface area contributed by atoms with Crippen molar-refractivity contribution in [2.24, 2.45) is 5.92 Å². The summed E-state index contributed by atoms with van der Waals surface area (Å²) in [7, 11) is 0. The Kier molecular flexibility index (Phi) is 5.60. The first-order valence-corrected chi connectivity index (χ1v) is 7.06. The van der Waals surface area contributed by atoms with E-state index in [0.717, 1.165) is 25.7 Å². The van der Waals surface area contributed by atoms with Gasteiger partial charge in [-0.2, -0.15) is 0 Å². The Hall–Kier alpha value is -1.52. The third-order valence-corrected chi connectivity index (χ3v) is 3.37. The maximum Gasteiger partial charge on any atom is 0.408 e. The fourth-order valence-corrected chi connectivity index (χ4v) is 2.33. The topological polar surface area (TPSA) is 75.6 Å². The van der Waals surface area contributed by atoms with Gasteiger partial charge in [-0.3, -0.25) is 0 Å². The van der Waals surface area contributed by atoms with Crippen molar-refractivity contribution in [1.82, 2.24) is 5.32 Å². The second-order valence-electron chi connectivity index (χ2n) is 6.47. The molecule has 1 fully saturated rings. The molecule has 0 aromatic rings. The van der Waals surface area contributed by atoms with Crippen molar-refractivity contribution in [3.63, 3.8) is 0 Å². The van der Waals surface area contributed by atoms with Crippen LogP contribution in [0.4, 0.5) is 4.79 Å². The molecule has 2 N–H and O–H groups in total. The number of amides is 1. The van der Waals surface area contributed by atoms with Gasteiger partial charge in [-0.05, 0) is 58.8 Å². The van der Waals surface area contributed by atoms with E-state index in [9.17, 15) is 14.7 Å². The molecule has 114 valence electrons. The van der Waals surface area contributed by atoms with Crippen molar-refractivity contribution in [3.05, 3.63) is 12.2 Å². The molecule has 0 heterocycles. The molecule has 1 unspecified atom stereocenters. The predicted octanol–water partition coefficient (Wildman–Crippen LogP) is 3.10. The normalized spacial score (nSPS) is 18.4. The zero-order valence-electron chi connectivity index (χ0n) is 12.6. The highest BCUT2D eigenvalue weighted by molar-refractivity contribution is 5.80. The second kappa shape index (κ2) is 6.77. The van der Waals surface area contributed by atoms with Gasteiger partial charge in [0.1, 0.15) is 11.6 Å². The lowest BCUT2D eigenvalue weighted by Crippen LogP contribution is -2.44. The first kappa shape index (κ1) is 16.5. The van der Waals surface area contributed by atoms with Crippen LogP contribution in [-0.4, -0.2) is 28.8 Å². The number of carboxylic acid groups (broad SMARTS) is 1. The number of alkyl carbamates (subject to hydrolysis) is 1. The molecule has 1 aliphatic rings. The summed E-state index contributed by atoms with van der Waals surface area (Å²) in [4.78, 5) is 22.9. The number of aliphatic carboxylic acids is 1. The van der Waals surface area contributed by atoms with Crippen LogP contribution in [0.25, 0.3) is 0 Å². The maximum absolute atomic E-state index is 11.7. The number of carbonyl (C=O) groups is 2. The molecule has 1 amide bonds. The molecule has 1 saturated carbocycles. The van der Waals surface area contributed by atoms with Crippen LogP contribution in [-0.2, 0) is 9.53 Å². The molecule has 5 heteroatoms. The van der Waals surface area contributed by atoms with Crippen LogP contribution in [0.2, 0.25) is 0 Å². The Morgan fingerprint density at radius 1 is 1.40 bits per heavy atom. The quantitative estimate of drug-likeness (QED) is 0.777. The number of nitrogens with one attached hydrogen (secondary N) is 1. The van der Waals surface area contributed by atoms with Crippen LogP contribution in [0.1, 0.15) is 52.9 Å². The Morgan fingerprint density at radius 2 is 1.95 bits per heavy atom. The van der Waals surface area contributed by atoms with Crippen LogP contribution in [0, 0.1) is 5.92 Å². The van der Waals surface area contributed by atoms with E-state index in [1.54, 1.807) is 20.8 Å². The minimum absolute atomic E-state index is 0.316. The van der Waals surface area contributed by atoms with Gasteiger partial charge >= 0.3 is 12.1 Å². The van der Waals surface area contributed by atoms with Crippen LogP contribution >= 0.6 is 0 Å². The van der Waals surface area contributed by atoms with E-state index in [-0.39, 0.29) is 0 Å². The Bertz CT molecular complexity index is 374. The van der Waals surface area contributed by atoms with E-state index in [2.05, 4.69) is 11.9 Å². The van der Waals surface area contributed by atoms with Gasteiger partial charge in [0.25, 0.3) is 0 Å². The molecule has 0 spiro atoms. The summed E-state index contributed by atoms with van der Waals surface area (Å²) in [6.45, 7) is 9.18. The van der Waals surface area contributed by atoms with E-state index in [0.29, 0.717) is 12.3 Å². The molecule has 0 aromatic carbocycles. The molecule has 20 heavy (non-hydrogen) atoms. The number of allylic oxidation sites excluding steroid dienone is 1. The van der Waals surface area contributed by atoms with Gasteiger partial charge in [0, 0.05) is 0 Å². The van der Waals surface area contributed by atoms with E-state index < -0.39 is 23.7 Å². The van der Waals surface area contributed by atoms with Gasteiger partial charge in [0.05, 0.1) is 0 Å². The van der Waals surface area contributed by atoms with E-state index in [4.69, 9.17) is 4.74 Å². The van der Waals surface area contributed by atoms with Crippen LogP contribution in [0.3, 0.4) is 0 Å². The number of hydrogen-bond acceptors (Lipinski definition) is 3. The molecule has 0 bridgehead atoms. The molecule has 0 aliphatic heterocycles. The number of carboxylic acids is 1. The molecule has 1 rings (SSSR count). The highest BCUT2D eigenvalue weighted by Gasteiger charge is 2.27. The van der Waals surface area contributed by atoms with E-state index in [1.165, 1.54) is 5.57 Å². The molecular weight excluding hydrogens is 258 g/mol. The second-order valence-corrected chi connectivity index (χ2v) is 6.47. The lowest BCUT2D eigenvalue weighted by atomic mass is 9.83. The fourth-order valence-electron chi connectivity index (χ4n) is 2.33. The summed E-state index contributed by atoms with van der Waals surface area (Å²) in [6.07, 6.45) is 3.55. The van der Waals surface area contributed by atoms with Crippen molar-refractivity contribution >= 4 is 12.1 Å². The minimum atomic E-state index is -1.01. The average Bonchev–Trinajstić information content (AvgIpc) is 2.28. The predicted molar refractivity (Wildman–Crippen MR) is 76.5 cm³/mol. The summed E-state index contributed by atoms with van der Waals surface area (Å²) in [5.41, 5.74) is 0.601. The van der Waals surface area contributed by atoms with Crippen molar-refractivity contribution in [3.8, 4) is 0 Å². The highest BCUT2D eigenvalue weighted by atomic mass is 16.6.